The zero-order valence-corrected chi connectivity index (χ0v) is 13.3. The Morgan fingerprint density at radius 2 is 1.95 bits per heavy atom. The van der Waals surface area contributed by atoms with Crippen molar-refractivity contribution in [3.63, 3.8) is 0 Å². The van der Waals surface area contributed by atoms with E-state index >= 15 is 0 Å². The molecule has 0 spiro atoms. The van der Waals surface area contributed by atoms with Gasteiger partial charge in [-0.3, -0.25) is 0 Å². The number of aromatic nitrogens is 1. The minimum absolute atomic E-state index is 0.176. The number of nitrogens with zero attached hydrogens (tertiary/aromatic N) is 1. The number of carbonyl (C=O) groups excluding carboxylic acids is 1. The molecule has 0 unspecified atom stereocenters. The van der Waals surface area contributed by atoms with Gasteiger partial charge >= 0.3 is 5.97 Å². The normalized spacial score (nSPS) is 11.4. The van der Waals surface area contributed by atoms with Gasteiger partial charge in [-0.05, 0) is 18.6 Å². The van der Waals surface area contributed by atoms with Crippen LogP contribution in [0.1, 0.15) is 50.2 Å². The van der Waals surface area contributed by atoms with Gasteiger partial charge in [-0.15, -0.1) is 0 Å². The lowest BCUT2D eigenvalue weighted by atomic mass is 9.91. The Bertz CT molecular complexity index is 455. The quantitative estimate of drug-likeness (QED) is 0.457. The number of pyridine rings is 1. The Morgan fingerprint density at radius 1 is 1.25 bits per heavy atom. The fraction of sp³-hybridized carbons (Fsp3) is 0.600. The van der Waals surface area contributed by atoms with Crippen molar-refractivity contribution in [3.05, 3.63) is 28.5 Å². The summed E-state index contributed by atoms with van der Waals surface area (Å²) in [5, 5.41) is 0.298. The Labute approximate surface area is 125 Å². The third-order valence-electron chi connectivity index (χ3n) is 2.61. The lowest BCUT2D eigenvalue weighted by molar-refractivity contribution is 0.0318. The second-order valence-electron chi connectivity index (χ2n) is 5.56. The topological polar surface area (TPSA) is 48.4 Å². The third-order valence-corrected chi connectivity index (χ3v) is 2.80. The molecular formula is C15H22ClNO3. The van der Waals surface area contributed by atoms with Gasteiger partial charge in [0, 0.05) is 17.7 Å². The van der Waals surface area contributed by atoms with Crippen LogP contribution < -0.4 is 0 Å². The average molecular weight is 300 g/mol. The first kappa shape index (κ1) is 16.9. The van der Waals surface area contributed by atoms with Gasteiger partial charge in [0.2, 0.25) is 0 Å². The summed E-state index contributed by atoms with van der Waals surface area (Å²) in [6, 6.07) is 3.24. The van der Waals surface area contributed by atoms with E-state index < -0.39 is 5.97 Å². The maximum absolute atomic E-state index is 11.9. The Hall–Kier alpha value is -1.13. The zero-order chi connectivity index (χ0) is 15.2. The summed E-state index contributed by atoms with van der Waals surface area (Å²) in [5.74, 6) is -0.403. The lowest BCUT2D eigenvalue weighted by Gasteiger charge is -2.18. The highest BCUT2D eigenvalue weighted by molar-refractivity contribution is 6.29. The molecule has 1 heterocycles. The number of halogens is 1. The summed E-state index contributed by atoms with van der Waals surface area (Å²) in [6.45, 7) is 9.39. The van der Waals surface area contributed by atoms with E-state index in [1.807, 2.05) is 27.7 Å². The van der Waals surface area contributed by atoms with Crippen LogP contribution in [0.2, 0.25) is 5.15 Å². The Kier molecular flexibility index (Phi) is 6.43. The number of esters is 1. The summed E-state index contributed by atoms with van der Waals surface area (Å²) in [5.41, 5.74) is 1.01. The molecule has 0 fully saturated rings. The molecule has 0 aromatic carbocycles. The van der Waals surface area contributed by atoms with Crippen LogP contribution in [0, 0.1) is 0 Å². The second-order valence-corrected chi connectivity index (χ2v) is 5.95. The van der Waals surface area contributed by atoms with E-state index in [-0.39, 0.29) is 12.0 Å². The van der Waals surface area contributed by atoms with Gasteiger partial charge in [-0.1, -0.05) is 39.3 Å². The van der Waals surface area contributed by atoms with Crippen LogP contribution in [0.5, 0.6) is 0 Å². The molecule has 5 heteroatoms. The fourth-order valence-electron chi connectivity index (χ4n) is 1.52. The molecule has 1 rings (SSSR count). The van der Waals surface area contributed by atoms with Gasteiger partial charge in [0.1, 0.15) is 11.8 Å². The second kappa shape index (κ2) is 7.60. The van der Waals surface area contributed by atoms with Gasteiger partial charge < -0.3 is 9.47 Å². The molecule has 112 valence electrons. The van der Waals surface area contributed by atoms with Gasteiger partial charge in [0.15, 0.2) is 0 Å². The standard InChI is InChI=1S/C15H22ClNO3/c1-5-6-19-7-8-20-14(18)11-9-12(15(2,3)4)17-13(16)10-11/h9-10H,5-8H2,1-4H3. The van der Waals surface area contributed by atoms with E-state index in [0.29, 0.717) is 23.9 Å². The number of carbonyl (C=O) groups is 1. The summed E-state index contributed by atoms with van der Waals surface area (Å²) in [4.78, 5) is 16.2. The van der Waals surface area contributed by atoms with Crippen molar-refractivity contribution < 1.29 is 14.3 Å². The smallest absolute Gasteiger partial charge is 0.338 e. The van der Waals surface area contributed by atoms with Crippen LogP contribution >= 0.6 is 11.6 Å². The van der Waals surface area contributed by atoms with Crippen LogP contribution in [-0.4, -0.2) is 30.8 Å². The van der Waals surface area contributed by atoms with E-state index in [1.165, 1.54) is 6.07 Å². The minimum atomic E-state index is -0.403. The van der Waals surface area contributed by atoms with Crippen molar-refractivity contribution in [1.82, 2.24) is 4.98 Å². The van der Waals surface area contributed by atoms with Crippen LogP contribution in [0.25, 0.3) is 0 Å². The van der Waals surface area contributed by atoms with Crippen molar-refractivity contribution in [2.24, 2.45) is 0 Å². The van der Waals surface area contributed by atoms with Gasteiger partial charge in [0.25, 0.3) is 0 Å². The van der Waals surface area contributed by atoms with Crippen LogP contribution in [-0.2, 0) is 14.9 Å². The Balaban J connectivity index is 2.66. The predicted molar refractivity (Wildman–Crippen MR) is 79.3 cm³/mol. The minimum Gasteiger partial charge on any atom is -0.460 e. The molecule has 1 aromatic rings. The van der Waals surface area contributed by atoms with Gasteiger partial charge in [-0.2, -0.15) is 0 Å². The van der Waals surface area contributed by atoms with Crippen LogP contribution in [0.3, 0.4) is 0 Å². The monoisotopic (exact) mass is 299 g/mol. The third kappa shape index (κ3) is 5.47. The van der Waals surface area contributed by atoms with E-state index in [2.05, 4.69) is 4.98 Å². The Morgan fingerprint density at radius 3 is 2.55 bits per heavy atom. The molecule has 0 bridgehead atoms. The number of rotatable bonds is 6. The lowest BCUT2D eigenvalue weighted by Crippen LogP contribution is -2.16. The number of ether oxygens (including phenoxy) is 2. The fourth-order valence-corrected chi connectivity index (χ4v) is 1.73. The summed E-state index contributed by atoms with van der Waals surface area (Å²) in [7, 11) is 0. The number of hydrogen-bond acceptors (Lipinski definition) is 4. The van der Waals surface area contributed by atoms with Crippen LogP contribution in [0.15, 0.2) is 12.1 Å². The SMILES string of the molecule is CCCOCCOC(=O)c1cc(Cl)nc(C(C)(C)C)c1. The largest absolute Gasteiger partial charge is 0.460 e. The highest BCUT2D eigenvalue weighted by Crippen LogP contribution is 2.23. The van der Waals surface area contributed by atoms with Crippen molar-refractivity contribution in [2.75, 3.05) is 19.8 Å². The van der Waals surface area contributed by atoms with Gasteiger partial charge in [-0.25, -0.2) is 9.78 Å². The molecule has 0 N–H and O–H groups in total. The molecule has 4 nitrogen and oxygen atoms in total. The zero-order valence-electron chi connectivity index (χ0n) is 12.5. The molecule has 20 heavy (non-hydrogen) atoms. The highest BCUT2D eigenvalue weighted by Gasteiger charge is 2.19. The van der Waals surface area contributed by atoms with Gasteiger partial charge in [0.05, 0.1) is 12.2 Å². The first-order valence-electron chi connectivity index (χ1n) is 6.77. The summed E-state index contributed by atoms with van der Waals surface area (Å²) < 4.78 is 10.4. The average Bonchev–Trinajstić information content (AvgIpc) is 2.36. The predicted octanol–water partition coefficient (Wildman–Crippen LogP) is 3.62. The van der Waals surface area contributed by atoms with E-state index in [9.17, 15) is 4.79 Å². The van der Waals surface area contributed by atoms with E-state index in [0.717, 1.165) is 12.1 Å². The molecule has 0 radical (unpaired) electrons. The molecule has 1 aromatic heterocycles. The van der Waals surface area contributed by atoms with Crippen molar-refractivity contribution in [3.8, 4) is 0 Å². The molecule has 0 aliphatic heterocycles. The summed E-state index contributed by atoms with van der Waals surface area (Å²) >= 11 is 5.96. The molecular weight excluding hydrogens is 278 g/mol. The van der Waals surface area contributed by atoms with Crippen molar-refractivity contribution >= 4 is 17.6 Å². The maximum atomic E-state index is 11.9. The van der Waals surface area contributed by atoms with E-state index in [4.69, 9.17) is 21.1 Å². The molecule has 0 aliphatic carbocycles. The molecule has 0 atom stereocenters. The first-order chi connectivity index (χ1) is 9.34. The van der Waals surface area contributed by atoms with Crippen LogP contribution in [0.4, 0.5) is 0 Å². The number of hydrogen-bond donors (Lipinski definition) is 0. The van der Waals surface area contributed by atoms with Crippen molar-refractivity contribution in [2.45, 2.75) is 39.5 Å². The molecule has 0 saturated carbocycles. The maximum Gasteiger partial charge on any atom is 0.338 e. The van der Waals surface area contributed by atoms with Crippen molar-refractivity contribution in [1.29, 1.82) is 0 Å². The first-order valence-corrected chi connectivity index (χ1v) is 7.15. The summed E-state index contributed by atoms with van der Waals surface area (Å²) in [6.07, 6.45) is 0.947. The highest BCUT2D eigenvalue weighted by atomic mass is 35.5. The van der Waals surface area contributed by atoms with E-state index in [1.54, 1.807) is 6.07 Å². The molecule has 0 saturated heterocycles. The molecule has 0 aliphatic rings. The molecule has 0 amide bonds.